The van der Waals surface area contributed by atoms with Gasteiger partial charge in [-0.25, -0.2) is 0 Å². The first-order valence-corrected chi connectivity index (χ1v) is 6.85. The van der Waals surface area contributed by atoms with Crippen molar-refractivity contribution in [2.45, 2.75) is 40.8 Å². The van der Waals surface area contributed by atoms with E-state index in [2.05, 4.69) is 10.2 Å². The minimum Gasteiger partial charge on any atom is -0.289 e. The Morgan fingerprint density at radius 3 is 2.25 bits per heavy atom. The summed E-state index contributed by atoms with van der Waals surface area (Å²) in [5, 5.41) is 8.64. The van der Waals surface area contributed by atoms with Crippen molar-refractivity contribution in [3.05, 3.63) is 41.0 Å². The summed E-state index contributed by atoms with van der Waals surface area (Å²) in [6.45, 7) is 9.42. The molecule has 5 nitrogen and oxygen atoms in total. The third-order valence-corrected chi connectivity index (χ3v) is 3.26. The standard InChI is InChI=1S/C15H20N4O/c1-5-18-9-13(11(3)16-18)7-8-15(20)14-10-19(6-2)17-12(14)4/h7-10H,5-6H2,1-4H3/b8-7-. The zero-order chi connectivity index (χ0) is 14.7. The Balaban J connectivity index is 2.19. The summed E-state index contributed by atoms with van der Waals surface area (Å²) in [6.07, 6.45) is 7.15. The Bertz CT molecular complexity index is 649. The first-order chi connectivity index (χ1) is 9.55. The molecule has 2 rings (SSSR count). The van der Waals surface area contributed by atoms with E-state index < -0.39 is 0 Å². The van der Waals surface area contributed by atoms with Crippen LogP contribution in [-0.4, -0.2) is 25.3 Å². The molecule has 2 aromatic heterocycles. The van der Waals surface area contributed by atoms with Crippen LogP contribution in [0.5, 0.6) is 0 Å². The maximum absolute atomic E-state index is 12.2. The highest BCUT2D eigenvalue weighted by Gasteiger charge is 2.10. The molecule has 0 aliphatic heterocycles. The van der Waals surface area contributed by atoms with Gasteiger partial charge >= 0.3 is 0 Å². The number of ketones is 1. The summed E-state index contributed by atoms with van der Waals surface area (Å²) in [4.78, 5) is 12.2. The molecule has 20 heavy (non-hydrogen) atoms. The molecule has 0 aliphatic carbocycles. The first kappa shape index (κ1) is 14.2. The van der Waals surface area contributed by atoms with E-state index in [4.69, 9.17) is 0 Å². The highest BCUT2D eigenvalue weighted by atomic mass is 16.1. The smallest absolute Gasteiger partial charge is 0.189 e. The molecule has 2 heterocycles. The Kier molecular flexibility index (Phi) is 4.17. The van der Waals surface area contributed by atoms with Gasteiger partial charge in [-0.3, -0.25) is 14.2 Å². The van der Waals surface area contributed by atoms with Crippen LogP contribution in [0.2, 0.25) is 0 Å². The molecule has 0 radical (unpaired) electrons. The van der Waals surface area contributed by atoms with Crippen LogP contribution in [0.15, 0.2) is 18.5 Å². The van der Waals surface area contributed by atoms with Crippen molar-refractivity contribution in [2.24, 2.45) is 0 Å². The van der Waals surface area contributed by atoms with Gasteiger partial charge in [0, 0.05) is 31.0 Å². The van der Waals surface area contributed by atoms with E-state index in [1.807, 2.05) is 44.6 Å². The molecule has 0 atom stereocenters. The van der Waals surface area contributed by atoms with Gasteiger partial charge in [-0.1, -0.05) is 0 Å². The SMILES string of the molecule is CCn1cc(/C=C\C(=O)c2cn(CC)nc2C)c(C)n1. The summed E-state index contributed by atoms with van der Waals surface area (Å²) in [5.41, 5.74) is 3.32. The Hall–Kier alpha value is -2.17. The highest BCUT2D eigenvalue weighted by molar-refractivity contribution is 6.07. The lowest BCUT2D eigenvalue weighted by molar-refractivity contribution is 0.104. The van der Waals surface area contributed by atoms with Crippen LogP contribution in [-0.2, 0) is 13.1 Å². The summed E-state index contributed by atoms with van der Waals surface area (Å²) >= 11 is 0. The predicted molar refractivity (Wildman–Crippen MR) is 78.6 cm³/mol. The molecule has 0 fully saturated rings. The normalized spacial score (nSPS) is 11.4. The molecule has 0 saturated heterocycles. The summed E-state index contributed by atoms with van der Waals surface area (Å²) in [6, 6.07) is 0. The number of aromatic nitrogens is 4. The van der Waals surface area contributed by atoms with E-state index >= 15 is 0 Å². The van der Waals surface area contributed by atoms with Crippen molar-refractivity contribution in [2.75, 3.05) is 0 Å². The van der Waals surface area contributed by atoms with Crippen LogP contribution in [0, 0.1) is 13.8 Å². The first-order valence-electron chi connectivity index (χ1n) is 6.85. The lowest BCUT2D eigenvalue weighted by Gasteiger charge is -1.92. The maximum atomic E-state index is 12.2. The third kappa shape index (κ3) is 2.87. The average Bonchev–Trinajstić information content (AvgIpc) is 2.99. The number of rotatable bonds is 5. The van der Waals surface area contributed by atoms with Crippen molar-refractivity contribution in [3.63, 3.8) is 0 Å². The molecule has 0 saturated carbocycles. The van der Waals surface area contributed by atoms with E-state index in [1.54, 1.807) is 17.0 Å². The van der Waals surface area contributed by atoms with E-state index in [-0.39, 0.29) is 5.78 Å². The van der Waals surface area contributed by atoms with Gasteiger partial charge in [0.1, 0.15) is 0 Å². The summed E-state index contributed by atoms with van der Waals surface area (Å²) < 4.78 is 3.64. The van der Waals surface area contributed by atoms with Crippen LogP contribution >= 0.6 is 0 Å². The van der Waals surface area contributed by atoms with Gasteiger partial charge in [-0.2, -0.15) is 10.2 Å². The number of nitrogens with zero attached hydrogens (tertiary/aromatic N) is 4. The fraction of sp³-hybridized carbons (Fsp3) is 0.400. The molecule has 0 N–H and O–H groups in total. The predicted octanol–water partition coefficient (Wildman–Crippen LogP) is 2.63. The van der Waals surface area contributed by atoms with Crippen LogP contribution in [0.4, 0.5) is 0 Å². The number of hydrogen-bond donors (Lipinski definition) is 0. The number of carbonyl (C=O) groups excluding carboxylic acids is 1. The summed E-state index contributed by atoms with van der Waals surface area (Å²) in [5.74, 6) is -0.0224. The Labute approximate surface area is 118 Å². The van der Waals surface area contributed by atoms with Crippen molar-refractivity contribution < 1.29 is 4.79 Å². The molecule has 106 valence electrons. The van der Waals surface area contributed by atoms with Gasteiger partial charge in [0.25, 0.3) is 0 Å². The van der Waals surface area contributed by atoms with E-state index in [1.165, 1.54) is 0 Å². The average molecular weight is 272 g/mol. The zero-order valence-electron chi connectivity index (χ0n) is 12.4. The van der Waals surface area contributed by atoms with Crippen molar-refractivity contribution in [1.82, 2.24) is 19.6 Å². The van der Waals surface area contributed by atoms with Gasteiger partial charge in [-0.05, 0) is 39.8 Å². The Morgan fingerprint density at radius 1 is 1.10 bits per heavy atom. The summed E-state index contributed by atoms with van der Waals surface area (Å²) in [7, 11) is 0. The van der Waals surface area contributed by atoms with Crippen LogP contribution in [0.3, 0.4) is 0 Å². The Morgan fingerprint density at radius 2 is 1.70 bits per heavy atom. The zero-order valence-corrected chi connectivity index (χ0v) is 12.4. The molecule has 0 aliphatic rings. The van der Waals surface area contributed by atoms with Gasteiger partial charge in [0.05, 0.1) is 17.0 Å². The quantitative estimate of drug-likeness (QED) is 0.621. The number of hydrogen-bond acceptors (Lipinski definition) is 3. The molecule has 0 unspecified atom stereocenters. The molecule has 0 aromatic carbocycles. The van der Waals surface area contributed by atoms with Crippen molar-refractivity contribution >= 4 is 11.9 Å². The topological polar surface area (TPSA) is 52.7 Å². The molecule has 0 bridgehead atoms. The monoisotopic (exact) mass is 272 g/mol. The van der Waals surface area contributed by atoms with Crippen LogP contribution in [0.25, 0.3) is 6.08 Å². The fourth-order valence-corrected chi connectivity index (χ4v) is 2.04. The second kappa shape index (κ2) is 5.86. The highest BCUT2D eigenvalue weighted by Crippen LogP contribution is 2.11. The number of aryl methyl sites for hydroxylation is 4. The minimum absolute atomic E-state index is 0.0224. The second-order valence-electron chi connectivity index (χ2n) is 4.71. The minimum atomic E-state index is -0.0224. The van der Waals surface area contributed by atoms with Gasteiger partial charge < -0.3 is 0 Å². The molecular weight excluding hydrogens is 252 g/mol. The molecule has 2 aromatic rings. The lowest BCUT2D eigenvalue weighted by atomic mass is 10.1. The van der Waals surface area contributed by atoms with Crippen molar-refractivity contribution in [3.8, 4) is 0 Å². The maximum Gasteiger partial charge on any atom is 0.189 e. The van der Waals surface area contributed by atoms with Crippen molar-refractivity contribution in [1.29, 1.82) is 0 Å². The van der Waals surface area contributed by atoms with Crippen LogP contribution < -0.4 is 0 Å². The van der Waals surface area contributed by atoms with Gasteiger partial charge in [-0.15, -0.1) is 0 Å². The lowest BCUT2D eigenvalue weighted by Crippen LogP contribution is -1.95. The molecular formula is C15H20N4O. The largest absolute Gasteiger partial charge is 0.289 e. The number of allylic oxidation sites excluding steroid dienone is 1. The molecule has 0 amide bonds. The van der Waals surface area contributed by atoms with Gasteiger partial charge in [0.15, 0.2) is 5.78 Å². The van der Waals surface area contributed by atoms with Crippen LogP contribution in [0.1, 0.15) is 41.2 Å². The second-order valence-corrected chi connectivity index (χ2v) is 4.71. The molecule has 0 spiro atoms. The molecule has 5 heteroatoms. The van der Waals surface area contributed by atoms with E-state index in [0.29, 0.717) is 5.56 Å². The van der Waals surface area contributed by atoms with E-state index in [9.17, 15) is 4.79 Å². The number of carbonyl (C=O) groups is 1. The van der Waals surface area contributed by atoms with Gasteiger partial charge in [0.2, 0.25) is 0 Å². The third-order valence-electron chi connectivity index (χ3n) is 3.26. The van der Waals surface area contributed by atoms with E-state index in [0.717, 1.165) is 30.0 Å². The fourth-order valence-electron chi connectivity index (χ4n) is 2.04.